The molecule has 4 aliphatic rings. The zero-order valence-corrected chi connectivity index (χ0v) is 62.7. The zero-order valence-electron chi connectivity index (χ0n) is 58.9. The summed E-state index contributed by atoms with van der Waals surface area (Å²) < 4.78 is 11.6. The van der Waals surface area contributed by atoms with Gasteiger partial charge in [-0.15, -0.1) is 0 Å². The number of aliphatic carboxylic acids is 1. The van der Waals surface area contributed by atoms with Crippen molar-refractivity contribution in [2.75, 3.05) is 70.7 Å². The predicted octanol–water partition coefficient (Wildman–Crippen LogP) is 0.325. The predicted molar refractivity (Wildman–Crippen MR) is 397 cm³/mol. The number of ether oxygens (including phenoxy) is 2. The van der Waals surface area contributed by atoms with E-state index in [1.54, 1.807) is 37.3 Å². The van der Waals surface area contributed by atoms with Crippen LogP contribution >= 0.6 is 44.2 Å². The molecule has 3 heterocycles. The Labute approximate surface area is 630 Å². The summed E-state index contributed by atoms with van der Waals surface area (Å²) in [7, 11) is 2.29. The lowest BCUT2D eigenvalue weighted by atomic mass is 9.79. The minimum atomic E-state index is -1.68. The summed E-state index contributed by atoms with van der Waals surface area (Å²) in [6.07, 6.45) is 2.09. The molecule has 574 valence electrons. The SMILES string of the molecule is CC(C)C[C@@H]1NC(=O)CNC(=O)[C@H](Cc2ccc(O)c(I)c2)NC(=O)[C@H]2C[C@@H](O)CN2C(=O)[C@@H](NC(=O)[C@@H](CCC(=O)O)NC(=O)[C@H](Cc2ccc(O)cc2)NC(=O)COCCOCCNC(=O)CN[C@@H](C(=O)C2CCN2C(=O)NCc2ccc(C(=N)N)cc2)C2CCCCC2)CSSC[C@@H](C)NC1=O. The minimum absolute atomic E-state index is 0.0127. The van der Waals surface area contributed by atoms with Gasteiger partial charge in [0.15, 0.2) is 5.78 Å². The molecule has 1 aliphatic carbocycles. The van der Waals surface area contributed by atoms with E-state index in [0.717, 1.165) is 53.4 Å². The summed E-state index contributed by atoms with van der Waals surface area (Å²) in [5.74, 6) is -8.74. The number of halogens is 1. The number of nitrogens with zero attached hydrogens (tertiary/aromatic N) is 2. The number of hydrogen-bond acceptors (Lipinski definition) is 21. The van der Waals surface area contributed by atoms with Gasteiger partial charge in [-0.3, -0.25) is 63.5 Å². The standard InChI is InChI=1S/C70H97IN14O18S2/c1-39(2)27-50-66(97)78-40(3)37-104-105-38-53(69(100)85-35-47(87)31-55(85)68(99)82-51(64(95)76-34-58(90)79-50)30-43-13-19-56(88)48(71)28-43)83-65(96)49(18-20-60(92)93)81-67(98)52(29-41-11-16-46(86)17-12-41)80-59(91)36-103-26-25-102-24-22-74-57(89)33-75-61(44-7-5-4-6-8-44)62(94)54-21-23-84(54)70(101)77-32-42-9-14-45(15-10-42)63(72)73/h9-17,19,28,39-40,44,47,49-55,61,75,86-88H,4-8,18,20-27,29-38H2,1-3H3,(H3,72,73)(H,74,89)(H,76,95)(H,77,101)(H,78,97)(H,79,90)(H,80,91)(H,81,98)(H,82,99)(H,83,96)(H,92,93)/t40-,47-,49-,50+,51+,52+,53+,54?,55-,61-/m1/s1. The molecule has 0 radical (unpaired) electrons. The normalized spacial score (nSPS) is 21.7. The van der Waals surface area contributed by atoms with Crippen LogP contribution in [0.2, 0.25) is 0 Å². The van der Waals surface area contributed by atoms with Crippen LogP contribution in [0.25, 0.3) is 0 Å². The second-order valence-electron chi connectivity index (χ2n) is 26.9. The first-order chi connectivity index (χ1) is 50.1. The second-order valence-corrected chi connectivity index (χ2v) is 30.6. The van der Waals surface area contributed by atoms with Crippen molar-refractivity contribution in [3.05, 3.63) is 92.6 Å². The van der Waals surface area contributed by atoms with Gasteiger partial charge in [-0.2, -0.15) is 0 Å². The Morgan fingerprint density at radius 3 is 2.14 bits per heavy atom. The van der Waals surface area contributed by atoms with Crippen molar-refractivity contribution >= 4 is 121 Å². The molecule has 17 N–H and O–H groups in total. The average molecular weight is 1610 g/mol. The fourth-order valence-corrected chi connectivity index (χ4v) is 15.5. The number of benzene rings is 3. The number of phenolic OH excluding ortho intramolecular Hbond substituents is 2. The highest BCUT2D eigenvalue weighted by molar-refractivity contribution is 14.1. The lowest BCUT2D eigenvalue weighted by molar-refractivity contribution is -0.142. The van der Waals surface area contributed by atoms with Gasteiger partial charge in [0.1, 0.15) is 60.2 Å². The summed E-state index contributed by atoms with van der Waals surface area (Å²) in [4.78, 5) is 168. The lowest BCUT2D eigenvalue weighted by Gasteiger charge is -2.43. The molecule has 1 unspecified atom stereocenters. The third kappa shape index (κ3) is 27.2. The minimum Gasteiger partial charge on any atom is -0.508 e. The highest BCUT2D eigenvalue weighted by Crippen LogP contribution is 2.31. The lowest BCUT2D eigenvalue weighted by Crippen LogP contribution is -2.63. The number of phenols is 2. The second kappa shape index (κ2) is 42.1. The topological polar surface area (TPSA) is 481 Å². The van der Waals surface area contributed by atoms with Crippen LogP contribution in [-0.4, -0.2) is 238 Å². The van der Waals surface area contributed by atoms with Crippen LogP contribution < -0.4 is 58.9 Å². The van der Waals surface area contributed by atoms with Crippen molar-refractivity contribution in [2.45, 2.75) is 165 Å². The number of carboxylic acid groups (broad SMARTS) is 1. The molecule has 3 aromatic carbocycles. The zero-order chi connectivity index (χ0) is 76.3. The fourth-order valence-electron chi connectivity index (χ4n) is 12.5. The van der Waals surface area contributed by atoms with Crippen LogP contribution in [0.4, 0.5) is 4.79 Å². The van der Waals surface area contributed by atoms with Crippen LogP contribution in [0, 0.1) is 20.8 Å². The highest BCUT2D eigenvalue weighted by Gasteiger charge is 2.45. The molecule has 0 spiro atoms. The van der Waals surface area contributed by atoms with Crippen LogP contribution in [0.1, 0.15) is 107 Å². The number of Topliss-reactive ketones (excluding diaryl/α,β-unsaturated/α-hetero) is 1. The number of aliphatic hydroxyl groups is 1. The highest BCUT2D eigenvalue weighted by atomic mass is 127. The number of urea groups is 1. The molecule has 4 fully saturated rings. The number of carboxylic acids is 1. The monoisotopic (exact) mass is 1610 g/mol. The Balaban J connectivity index is 0.955. The van der Waals surface area contributed by atoms with E-state index >= 15 is 0 Å². The number of amidine groups is 1. The van der Waals surface area contributed by atoms with E-state index in [4.69, 9.17) is 20.6 Å². The number of nitrogens with one attached hydrogen (secondary N) is 11. The third-order valence-electron chi connectivity index (χ3n) is 18.1. The molecule has 105 heavy (non-hydrogen) atoms. The van der Waals surface area contributed by atoms with Crippen molar-refractivity contribution in [3.63, 3.8) is 0 Å². The number of carbonyl (C=O) groups excluding carboxylic acids is 11. The maximum Gasteiger partial charge on any atom is 0.318 e. The molecule has 35 heteroatoms. The van der Waals surface area contributed by atoms with E-state index in [1.165, 1.54) is 52.1 Å². The largest absolute Gasteiger partial charge is 0.508 e. The molecule has 0 bridgehead atoms. The molecule has 0 aromatic heterocycles. The van der Waals surface area contributed by atoms with Gasteiger partial charge in [-0.25, -0.2) is 4.79 Å². The number of carbonyl (C=O) groups is 12. The molecule has 3 saturated heterocycles. The van der Waals surface area contributed by atoms with E-state index in [1.807, 2.05) is 36.4 Å². The Hall–Kier alpha value is -8.36. The van der Waals surface area contributed by atoms with E-state index in [9.17, 15) is 78.0 Å². The maximum atomic E-state index is 15.0. The van der Waals surface area contributed by atoms with E-state index in [0.29, 0.717) is 33.2 Å². The van der Waals surface area contributed by atoms with E-state index in [2.05, 4.69) is 53.2 Å². The van der Waals surface area contributed by atoms with E-state index in [-0.39, 0.29) is 124 Å². The number of nitrogens with two attached hydrogens (primary N) is 1. The van der Waals surface area contributed by atoms with Crippen LogP contribution in [0.3, 0.4) is 0 Å². The number of nitrogen functional groups attached to an aromatic ring is 1. The average Bonchev–Trinajstić information content (AvgIpc) is 1.07. The summed E-state index contributed by atoms with van der Waals surface area (Å²) in [6.45, 7) is 4.29. The van der Waals surface area contributed by atoms with Gasteiger partial charge in [0.25, 0.3) is 0 Å². The molecule has 10 atom stereocenters. The smallest absolute Gasteiger partial charge is 0.318 e. The van der Waals surface area contributed by atoms with Gasteiger partial charge in [0.2, 0.25) is 53.2 Å². The third-order valence-corrected chi connectivity index (χ3v) is 21.5. The Morgan fingerprint density at radius 1 is 0.771 bits per heavy atom. The molecular formula is C70H97IN14O18S2. The number of amides is 11. The van der Waals surface area contributed by atoms with Gasteiger partial charge in [-0.05, 0) is 114 Å². The number of likely N-dealkylation sites (tertiary alicyclic amines) is 1. The number of aliphatic hydroxyl groups excluding tert-OH is 1. The quantitative estimate of drug-likeness (QED) is 0.0136. The van der Waals surface area contributed by atoms with Crippen LogP contribution in [-0.2, 0) is 81.6 Å². The Bertz CT molecular complexity index is 3540. The maximum absolute atomic E-state index is 15.0. The summed E-state index contributed by atoms with van der Waals surface area (Å²) in [5, 5.41) is 76.2. The fraction of sp³-hybridized carbons (Fsp3) is 0.557. The molecular weight excluding hydrogens is 1520 g/mol. The first kappa shape index (κ1) is 83.9. The number of rotatable bonds is 31. The molecule has 11 amide bonds. The van der Waals surface area contributed by atoms with Crippen molar-refractivity contribution in [3.8, 4) is 11.5 Å². The molecule has 1 saturated carbocycles. The Kier molecular flexibility index (Phi) is 33.6. The van der Waals surface area contributed by atoms with Gasteiger partial charge in [-0.1, -0.05) is 97.2 Å². The van der Waals surface area contributed by atoms with Crippen LogP contribution in [0.5, 0.6) is 11.5 Å². The molecule has 32 nitrogen and oxygen atoms in total. The molecule has 3 aliphatic heterocycles. The van der Waals surface area contributed by atoms with Gasteiger partial charge < -0.3 is 93.3 Å². The van der Waals surface area contributed by atoms with Crippen molar-refractivity contribution in [1.29, 1.82) is 5.41 Å². The number of aromatic hydroxyl groups is 2. The van der Waals surface area contributed by atoms with Crippen LogP contribution in [0.15, 0.2) is 66.7 Å². The number of fused-ring (bicyclic) bond motifs is 1. The van der Waals surface area contributed by atoms with Crippen molar-refractivity contribution in [1.82, 2.24) is 63.0 Å². The van der Waals surface area contributed by atoms with E-state index < -0.39 is 146 Å². The number of hydrogen-bond donors (Lipinski definition) is 16. The summed E-state index contributed by atoms with van der Waals surface area (Å²) >= 11 is 1.89. The van der Waals surface area contributed by atoms with Gasteiger partial charge in [0, 0.05) is 75.0 Å². The van der Waals surface area contributed by atoms with Gasteiger partial charge in [0.05, 0.1) is 54.7 Å². The summed E-state index contributed by atoms with van der Waals surface area (Å²) in [5.41, 5.74) is 7.85. The van der Waals surface area contributed by atoms with Gasteiger partial charge >= 0.3 is 12.0 Å². The molecule has 7 rings (SSSR count). The first-order valence-corrected chi connectivity index (χ1v) is 38.6. The first-order valence-electron chi connectivity index (χ1n) is 35.1. The number of ketones is 1. The Morgan fingerprint density at radius 2 is 1.47 bits per heavy atom. The van der Waals surface area contributed by atoms with Crippen molar-refractivity contribution < 1.29 is 87.4 Å². The van der Waals surface area contributed by atoms with Crippen molar-refractivity contribution in [2.24, 2.45) is 17.6 Å². The molecule has 3 aromatic rings. The summed E-state index contributed by atoms with van der Waals surface area (Å²) in [6, 6.07) is 6.36.